The van der Waals surface area contributed by atoms with Gasteiger partial charge in [0.05, 0.1) is 17.3 Å². The van der Waals surface area contributed by atoms with Gasteiger partial charge in [0.15, 0.2) is 5.65 Å². The summed E-state index contributed by atoms with van der Waals surface area (Å²) in [6.07, 6.45) is -0.601. The lowest BCUT2D eigenvalue weighted by molar-refractivity contribution is -0.137. The van der Waals surface area contributed by atoms with Crippen LogP contribution in [0.5, 0.6) is 0 Å². The number of amides is 1. The number of aromatic amines is 1. The van der Waals surface area contributed by atoms with Crippen LogP contribution in [0.25, 0.3) is 22.2 Å². The molecule has 5 rings (SSSR count). The van der Waals surface area contributed by atoms with Gasteiger partial charge < -0.3 is 10.6 Å². The summed E-state index contributed by atoms with van der Waals surface area (Å²) in [7, 11) is 0. The minimum atomic E-state index is -4.68. The van der Waals surface area contributed by atoms with E-state index in [9.17, 15) is 22.4 Å². The number of alkyl halides is 3. The number of halogens is 4. The van der Waals surface area contributed by atoms with Crippen molar-refractivity contribution in [3.05, 3.63) is 102 Å². The molecule has 0 unspecified atom stereocenters. The van der Waals surface area contributed by atoms with Crippen LogP contribution in [0.4, 0.5) is 29.1 Å². The van der Waals surface area contributed by atoms with Crippen molar-refractivity contribution < 1.29 is 22.4 Å². The van der Waals surface area contributed by atoms with Crippen molar-refractivity contribution in [2.24, 2.45) is 0 Å². The molecule has 5 aromatic rings. The highest BCUT2D eigenvalue weighted by Crippen LogP contribution is 2.31. The van der Waals surface area contributed by atoms with E-state index >= 15 is 0 Å². The maximum absolute atomic E-state index is 13.3. The molecule has 0 fully saturated rings. The molecule has 3 heterocycles. The Hall–Kier alpha value is -4.80. The Balaban J connectivity index is 1.35. The lowest BCUT2D eigenvalue weighted by Gasteiger charge is -2.14. The first-order valence-electron chi connectivity index (χ1n) is 11.0. The predicted molar refractivity (Wildman–Crippen MR) is 130 cm³/mol. The van der Waals surface area contributed by atoms with Gasteiger partial charge in [-0.2, -0.15) is 18.3 Å². The van der Waals surface area contributed by atoms with Crippen LogP contribution in [0.1, 0.15) is 21.5 Å². The number of nitrogens with zero attached hydrogens (tertiary/aromatic N) is 3. The van der Waals surface area contributed by atoms with Crippen LogP contribution >= 0.6 is 0 Å². The average Bonchev–Trinajstić information content (AvgIpc) is 3.36. The van der Waals surface area contributed by atoms with Gasteiger partial charge in [-0.1, -0.05) is 24.3 Å². The Morgan fingerprint density at radius 3 is 2.38 bits per heavy atom. The van der Waals surface area contributed by atoms with Crippen LogP contribution in [0.15, 0.2) is 79.3 Å². The molecule has 3 N–H and O–H groups in total. The van der Waals surface area contributed by atoms with E-state index in [1.54, 1.807) is 12.4 Å². The molecule has 0 bridgehead atoms. The molecule has 1 amide bonds. The van der Waals surface area contributed by atoms with E-state index in [1.165, 1.54) is 12.1 Å². The van der Waals surface area contributed by atoms with Crippen molar-refractivity contribution in [3.63, 3.8) is 0 Å². The van der Waals surface area contributed by atoms with Gasteiger partial charge in [0.25, 0.3) is 5.91 Å². The van der Waals surface area contributed by atoms with E-state index in [-0.39, 0.29) is 23.6 Å². The number of benzene rings is 2. The number of hydrogen-bond acceptors (Lipinski definition) is 5. The highest BCUT2D eigenvalue weighted by molar-refractivity contribution is 6.07. The lowest BCUT2D eigenvalue weighted by atomic mass is 10.0. The fraction of sp³-hybridized carbons (Fsp3) is 0.0769. The summed E-state index contributed by atoms with van der Waals surface area (Å²) in [4.78, 5) is 21.0. The van der Waals surface area contributed by atoms with Gasteiger partial charge in [0.1, 0.15) is 11.6 Å². The van der Waals surface area contributed by atoms with Gasteiger partial charge in [-0.15, -0.1) is 0 Å². The third-order valence-electron chi connectivity index (χ3n) is 5.60. The fourth-order valence-corrected chi connectivity index (χ4v) is 3.66. The second kappa shape index (κ2) is 9.69. The van der Waals surface area contributed by atoms with E-state index in [1.807, 2.05) is 30.3 Å². The minimum absolute atomic E-state index is 0.0219. The number of nitrogens with one attached hydrogen (secondary N) is 3. The standard InChI is InChI=1S/C26H18F4N6O/c27-20-5-7-21(8-6-20)35-25(37)22-10-19(26(28,29)30)14-33-24(22)31-11-15-1-3-16(4-2-15)17-9-18-13-34-36-23(18)32-12-17/h1-10,12-14H,11H2,(H,31,33)(H,35,37)(H,32,34,36). The molecule has 0 saturated carbocycles. The summed E-state index contributed by atoms with van der Waals surface area (Å²) in [5.41, 5.74) is 2.20. The van der Waals surface area contributed by atoms with Crippen molar-refractivity contribution in [1.82, 2.24) is 20.2 Å². The third kappa shape index (κ3) is 5.40. The average molecular weight is 506 g/mol. The molecule has 11 heteroatoms. The summed E-state index contributed by atoms with van der Waals surface area (Å²) < 4.78 is 53.0. The number of fused-ring (bicyclic) bond motifs is 1. The molecule has 0 radical (unpaired) electrons. The number of H-pyrrole nitrogens is 1. The molecule has 3 aromatic heterocycles. The van der Waals surface area contributed by atoms with E-state index in [4.69, 9.17) is 0 Å². The van der Waals surface area contributed by atoms with E-state index in [0.29, 0.717) is 11.8 Å². The Labute approximate surface area is 207 Å². The van der Waals surface area contributed by atoms with Crippen LogP contribution in [0.2, 0.25) is 0 Å². The molecule has 37 heavy (non-hydrogen) atoms. The maximum atomic E-state index is 13.3. The van der Waals surface area contributed by atoms with Crippen LogP contribution in [0, 0.1) is 5.82 Å². The molecule has 2 aromatic carbocycles. The maximum Gasteiger partial charge on any atom is 0.417 e. The number of anilines is 2. The fourth-order valence-electron chi connectivity index (χ4n) is 3.66. The minimum Gasteiger partial charge on any atom is -0.365 e. The molecule has 0 spiro atoms. The molecule has 0 aliphatic carbocycles. The first kappa shape index (κ1) is 23.9. The zero-order valence-corrected chi connectivity index (χ0v) is 19.0. The number of rotatable bonds is 6. The van der Waals surface area contributed by atoms with Crippen molar-refractivity contribution in [2.75, 3.05) is 10.6 Å². The lowest BCUT2D eigenvalue weighted by Crippen LogP contribution is -2.18. The second-order valence-corrected chi connectivity index (χ2v) is 8.16. The normalized spacial score (nSPS) is 11.5. The molecular formula is C26H18F4N6O. The molecular weight excluding hydrogens is 488 g/mol. The molecule has 0 atom stereocenters. The summed E-state index contributed by atoms with van der Waals surface area (Å²) in [5, 5.41) is 13.1. The first-order chi connectivity index (χ1) is 17.8. The van der Waals surface area contributed by atoms with Gasteiger partial charge in [-0.3, -0.25) is 9.89 Å². The predicted octanol–water partition coefficient (Wildman–Crippen LogP) is 6.04. The second-order valence-electron chi connectivity index (χ2n) is 8.16. The third-order valence-corrected chi connectivity index (χ3v) is 5.60. The zero-order chi connectivity index (χ0) is 26.0. The first-order valence-corrected chi connectivity index (χ1v) is 11.0. The number of aromatic nitrogens is 4. The molecule has 186 valence electrons. The molecule has 0 aliphatic heterocycles. The highest BCUT2D eigenvalue weighted by atomic mass is 19.4. The topological polar surface area (TPSA) is 95.6 Å². The summed E-state index contributed by atoms with van der Waals surface area (Å²) in [6.45, 7) is 0.203. The van der Waals surface area contributed by atoms with Gasteiger partial charge >= 0.3 is 6.18 Å². The largest absolute Gasteiger partial charge is 0.417 e. The smallest absolute Gasteiger partial charge is 0.365 e. The van der Waals surface area contributed by atoms with Crippen LogP contribution < -0.4 is 10.6 Å². The number of pyridine rings is 2. The van der Waals surface area contributed by atoms with E-state index < -0.39 is 23.5 Å². The Morgan fingerprint density at radius 2 is 1.65 bits per heavy atom. The summed E-state index contributed by atoms with van der Waals surface area (Å²) >= 11 is 0. The monoisotopic (exact) mass is 506 g/mol. The van der Waals surface area contributed by atoms with Gasteiger partial charge in [0, 0.05) is 35.6 Å². The van der Waals surface area contributed by atoms with E-state index in [2.05, 4.69) is 30.8 Å². The van der Waals surface area contributed by atoms with Crippen molar-refractivity contribution in [1.29, 1.82) is 0 Å². The summed E-state index contributed by atoms with van der Waals surface area (Å²) in [5.74, 6) is -1.35. The number of hydrogen-bond donors (Lipinski definition) is 3. The van der Waals surface area contributed by atoms with Gasteiger partial charge in [0.2, 0.25) is 0 Å². The SMILES string of the molecule is O=C(Nc1ccc(F)cc1)c1cc(C(F)(F)F)cnc1NCc1ccc(-c2cnc3[nH]ncc3c2)cc1. The van der Waals surface area contributed by atoms with Crippen LogP contribution in [-0.2, 0) is 12.7 Å². The summed E-state index contributed by atoms with van der Waals surface area (Å²) in [6, 6.07) is 15.1. The molecule has 7 nitrogen and oxygen atoms in total. The van der Waals surface area contributed by atoms with Gasteiger partial charge in [-0.25, -0.2) is 14.4 Å². The number of carbonyl (C=O) groups is 1. The quantitative estimate of drug-likeness (QED) is 0.244. The number of carbonyl (C=O) groups excluding carboxylic acids is 1. The zero-order valence-electron chi connectivity index (χ0n) is 19.0. The Bertz CT molecular complexity index is 1560. The molecule has 0 aliphatic rings. The van der Waals surface area contributed by atoms with Crippen molar-refractivity contribution >= 4 is 28.4 Å². The Morgan fingerprint density at radius 1 is 0.892 bits per heavy atom. The van der Waals surface area contributed by atoms with Crippen LogP contribution in [-0.4, -0.2) is 26.1 Å². The Kier molecular flexibility index (Phi) is 6.26. The van der Waals surface area contributed by atoms with E-state index in [0.717, 1.165) is 40.3 Å². The van der Waals surface area contributed by atoms with Gasteiger partial charge in [-0.05, 0) is 47.5 Å². The van der Waals surface area contributed by atoms with Crippen molar-refractivity contribution in [3.8, 4) is 11.1 Å². The molecule has 0 saturated heterocycles. The van der Waals surface area contributed by atoms with Crippen molar-refractivity contribution in [2.45, 2.75) is 12.7 Å². The highest BCUT2D eigenvalue weighted by Gasteiger charge is 2.32. The van der Waals surface area contributed by atoms with Crippen LogP contribution in [0.3, 0.4) is 0 Å².